The summed E-state index contributed by atoms with van der Waals surface area (Å²) in [4.78, 5) is 37.9. The molecule has 2 amide bonds. The Hall–Kier alpha value is -3.88. The molecule has 2 aliphatic heterocycles. The fourth-order valence-electron chi connectivity index (χ4n) is 3.51. The zero-order chi connectivity index (χ0) is 22.1. The van der Waals surface area contributed by atoms with Gasteiger partial charge in [0.25, 0.3) is 17.5 Å². The van der Waals surface area contributed by atoms with Crippen LogP contribution < -0.4 is 14.8 Å². The molecule has 0 bridgehead atoms. The third-order valence-corrected chi connectivity index (χ3v) is 4.89. The normalized spacial score (nSPS) is 15.6. The third kappa shape index (κ3) is 3.94. The Bertz CT molecular complexity index is 1090. The fourth-order valence-corrected chi connectivity index (χ4v) is 3.51. The predicted molar refractivity (Wildman–Crippen MR) is 113 cm³/mol. The van der Waals surface area contributed by atoms with Gasteiger partial charge in [0.2, 0.25) is 0 Å². The molecule has 1 N–H and O–H groups in total. The lowest BCUT2D eigenvalue weighted by atomic mass is 10.0. The summed E-state index contributed by atoms with van der Waals surface area (Å²) in [6.07, 6.45) is 0. The summed E-state index contributed by atoms with van der Waals surface area (Å²) in [6.45, 7) is 4.98. The molecule has 2 aliphatic rings. The second-order valence-corrected chi connectivity index (χ2v) is 7.65. The van der Waals surface area contributed by atoms with Crippen molar-refractivity contribution in [1.29, 1.82) is 0 Å². The number of imide groups is 1. The fraction of sp³-hybridized carbons (Fsp3) is 0.273. The number of hydrogen-bond acceptors (Lipinski definition) is 7. The molecule has 0 unspecified atom stereocenters. The number of hydrogen-bond donors (Lipinski definition) is 1. The lowest BCUT2D eigenvalue weighted by Crippen LogP contribution is -2.35. The van der Waals surface area contributed by atoms with Gasteiger partial charge in [0.15, 0.2) is 11.5 Å². The van der Waals surface area contributed by atoms with E-state index in [9.17, 15) is 19.7 Å². The van der Waals surface area contributed by atoms with E-state index in [4.69, 9.17) is 9.47 Å². The number of nitrogens with one attached hydrogen (secondary N) is 1. The minimum absolute atomic E-state index is 0.0830. The summed E-state index contributed by atoms with van der Waals surface area (Å²) in [5.41, 5.74) is 1.19. The molecule has 0 fully saturated rings. The summed E-state index contributed by atoms with van der Waals surface area (Å²) in [6, 6.07) is 10.7. The molecule has 0 spiro atoms. The van der Waals surface area contributed by atoms with E-state index in [0.717, 1.165) is 0 Å². The van der Waals surface area contributed by atoms with Crippen LogP contribution in [0.1, 0.15) is 19.4 Å². The van der Waals surface area contributed by atoms with Gasteiger partial charge in [0.1, 0.15) is 18.9 Å². The number of benzene rings is 2. The molecule has 0 atom stereocenters. The summed E-state index contributed by atoms with van der Waals surface area (Å²) < 4.78 is 11.1. The van der Waals surface area contributed by atoms with Crippen LogP contribution in [0.3, 0.4) is 0 Å². The number of ether oxygens (including phenoxy) is 2. The minimum atomic E-state index is -0.515. The third-order valence-electron chi connectivity index (χ3n) is 4.89. The van der Waals surface area contributed by atoms with Crippen molar-refractivity contribution in [2.45, 2.75) is 13.8 Å². The van der Waals surface area contributed by atoms with Crippen LogP contribution in [0, 0.1) is 16.0 Å². The quantitative estimate of drug-likeness (QED) is 0.431. The topological polar surface area (TPSA) is 111 Å². The Morgan fingerprint density at radius 3 is 2.35 bits per heavy atom. The van der Waals surface area contributed by atoms with Gasteiger partial charge in [-0.3, -0.25) is 24.6 Å². The highest BCUT2D eigenvalue weighted by Gasteiger charge is 2.39. The number of nitrogens with zero attached hydrogens (tertiary/aromatic N) is 2. The maximum Gasteiger partial charge on any atom is 0.278 e. The molecular weight excluding hydrogens is 402 g/mol. The first-order valence-corrected chi connectivity index (χ1v) is 9.87. The lowest BCUT2D eigenvalue weighted by molar-refractivity contribution is -0.384. The predicted octanol–water partition coefficient (Wildman–Crippen LogP) is 3.21. The van der Waals surface area contributed by atoms with E-state index in [1.807, 2.05) is 13.8 Å². The average molecular weight is 423 g/mol. The van der Waals surface area contributed by atoms with E-state index in [-0.39, 0.29) is 29.4 Å². The Morgan fingerprint density at radius 2 is 1.71 bits per heavy atom. The van der Waals surface area contributed by atoms with Crippen molar-refractivity contribution in [1.82, 2.24) is 4.90 Å². The van der Waals surface area contributed by atoms with Crippen LogP contribution in [-0.4, -0.2) is 41.4 Å². The van der Waals surface area contributed by atoms with E-state index >= 15 is 0 Å². The second kappa shape index (κ2) is 8.10. The number of rotatable bonds is 6. The van der Waals surface area contributed by atoms with Gasteiger partial charge in [0, 0.05) is 30.4 Å². The van der Waals surface area contributed by atoms with E-state index in [1.165, 1.54) is 29.2 Å². The number of amides is 2. The summed E-state index contributed by atoms with van der Waals surface area (Å²) in [5.74, 6) is 0.357. The van der Waals surface area contributed by atoms with Crippen LogP contribution in [0.5, 0.6) is 11.5 Å². The Kier molecular flexibility index (Phi) is 5.33. The van der Waals surface area contributed by atoms with Gasteiger partial charge in [-0.2, -0.15) is 0 Å². The van der Waals surface area contributed by atoms with Crippen LogP contribution in [-0.2, 0) is 9.59 Å². The minimum Gasteiger partial charge on any atom is -0.486 e. The number of anilines is 1. The van der Waals surface area contributed by atoms with Crippen LogP contribution in [0.25, 0.3) is 5.57 Å². The molecule has 31 heavy (non-hydrogen) atoms. The second-order valence-electron chi connectivity index (χ2n) is 7.65. The van der Waals surface area contributed by atoms with E-state index in [1.54, 1.807) is 18.2 Å². The molecule has 2 heterocycles. The number of nitro groups is 1. The summed E-state index contributed by atoms with van der Waals surface area (Å²) in [7, 11) is 0. The van der Waals surface area contributed by atoms with Crippen molar-refractivity contribution < 1.29 is 24.0 Å². The summed E-state index contributed by atoms with van der Waals surface area (Å²) in [5, 5.41) is 14.0. The highest BCUT2D eigenvalue weighted by Crippen LogP contribution is 2.36. The molecule has 4 rings (SSSR count). The summed E-state index contributed by atoms with van der Waals surface area (Å²) >= 11 is 0. The molecule has 0 aromatic heterocycles. The molecular formula is C22H21N3O6. The molecule has 9 nitrogen and oxygen atoms in total. The van der Waals surface area contributed by atoms with Crippen molar-refractivity contribution in [3.05, 3.63) is 63.8 Å². The first kappa shape index (κ1) is 20.4. The average Bonchev–Trinajstić information content (AvgIpc) is 2.97. The molecule has 0 aliphatic carbocycles. The highest BCUT2D eigenvalue weighted by atomic mass is 16.6. The van der Waals surface area contributed by atoms with Crippen LogP contribution in [0.15, 0.2) is 48.2 Å². The van der Waals surface area contributed by atoms with Gasteiger partial charge in [0.05, 0.1) is 10.5 Å². The van der Waals surface area contributed by atoms with Crippen LogP contribution >= 0.6 is 0 Å². The van der Waals surface area contributed by atoms with Gasteiger partial charge in [-0.15, -0.1) is 0 Å². The highest BCUT2D eigenvalue weighted by molar-refractivity contribution is 6.36. The molecule has 9 heteroatoms. The van der Waals surface area contributed by atoms with Gasteiger partial charge in [-0.1, -0.05) is 13.8 Å². The van der Waals surface area contributed by atoms with Crippen molar-refractivity contribution >= 4 is 28.8 Å². The van der Waals surface area contributed by atoms with E-state index < -0.39 is 16.7 Å². The van der Waals surface area contributed by atoms with E-state index in [2.05, 4.69) is 5.32 Å². The largest absolute Gasteiger partial charge is 0.486 e. The van der Waals surface area contributed by atoms with Gasteiger partial charge >= 0.3 is 0 Å². The molecule has 0 radical (unpaired) electrons. The number of carbonyl (C=O) groups excluding carboxylic acids is 2. The molecule has 2 aromatic carbocycles. The number of carbonyl (C=O) groups is 2. The zero-order valence-corrected chi connectivity index (χ0v) is 17.1. The van der Waals surface area contributed by atoms with Crippen molar-refractivity contribution in [2.24, 2.45) is 5.92 Å². The number of nitro benzene ring substituents is 1. The lowest BCUT2D eigenvalue weighted by Gasteiger charge is -2.19. The molecule has 0 saturated carbocycles. The Balaban J connectivity index is 1.74. The maximum absolute atomic E-state index is 13.1. The molecule has 2 aromatic rings. The Morgan fingerprint density at radius 1 is 1.03 bits per heavy atom. The first-order valence-electron chi connectivity index (χ1n) is 9.87. The number of non-ortho nitro benzene ring substituents is 1. The van der Waals surface area contributed by atoms with Gasteiger partial charge in [-0.25, -0.2) is 0 Å². The maximum atomic E-state index is 13.1. The standard InChI is InChI=1S/C22H21N3O6/c1-13(2)12-24-21(26)19(14-3-6-16(7-4-14)25(28)29)20(22(24)27)23-15-5-8-17-18(11-15)31-10-9-30-17/h3-8,11,13,23H,9-10,12H2,1-2H3. The van der Waals surface area contributed by atoms with Gasteiger partial charge in [-0.05, 0) is 35.7 Å². The van der Waals surface area contributed by atoms with Crippen LogP contribution in [0.2, 0.25) is 0 Å². The van der Waals surface area contributed by atoms with Crippen molar-refractivity contribution in [2.75, 3.05) is 25.1 Å². The van der Waals surface area contributed by atoms with Gasteiger partial charge < -0.3 is 14.8 Å². The SMILES string of the molecule is CC(C)CN1C(=O)C(Nc2ccc3c(c2)OCCO3)=C(c2ccc([N+](=O)[O-])cc2)C1=O. The number of fused-ring (bicyclic) bond motifs is 1. The Labute approximate surface area is 178 Å². The van der Waals surface area contributed by atoms with Crippen molar-refractivity contribution in [3.8, 4) is 11.5 Å². The molecule has 0 saturated heterocycles. The zero-order valence-electron chi connectivity index (χ0n) is 17.1. The first-order chi connectivity index (χ1) is 14.8. The van der Waals surface area contributed by atoms with Crippen molar-refractivity contribution in [3.63, 3.8) is 0 Å². The molecule has 160 valence electrons. The van der Waals surface area contributed by atoms with E-state index in [0.29, 0.717) is 36.0 Å². The monoisotopic (exact) mass is 423 g/mol. The van der Waals surface area contributed by atoms with Crippen LogP contribution in [0.4, 0.5) is 11.4 Å². The smallest absolute Gasteiger partial charge is 0.278 e.